The third-order valence-electron chi connectivity index (χ3n) is 5.74. The molecule has 28 heavy (non-hydrogen) atoms. The van der Waals surface area contributed by atoms with Crippen LogP contribution in [0.1, 0.15) is 35.8 Å². The number of H-pyrrole nitrogens is 1. The number of hydrogen-bond acceptors (Lipinski definition) is 4. The lowest BCUT2D eigenvalue weighted by Gasteiger charge is -2.13. The van der Waals surface area contributed by atoms with E-state index < -0.39 is 0 Å². The zero-order valence-corrected chi connectivity index (χ0v) is 16.9. The second-order valence-electron chi connectivity index (χ2n) is 7.41. The van der Waals surface area contributed by atoms with Gasteiger partial charge in [0, 0.05) is 35.1 Å². The zero-order valence-electron chi connectivity index (χ0n) is 16.0. The maximum Gasteiger partial charge on any atom is 0.263 e. The van der Waals surface area contributed by atoms with Crippen LogP contribution in [0.2, 0.25) is 0 Å². The largest absolute Gasteiger partial charge is 0.361 e. The highest BCUT2D eigenvalue weighted by molar-refractivity contribution is 7.18. The zero-order chi connectivity index (χ0) is 19.1. The molecular weight excluding hydrogens is 368 g/mol. The van der Waals surface area contributed by atoms with Gasteiger partial charge in [0.05, 0.1) is 5.39 Å². The van der Waals surface area contributed by atoms with Gasteiger partial charge in [0.15, 0.2) is 0 Å². The fourth-order valence-corrected chi connectivity index (χ4v) is 5.57. The average molecular weight is 393 g/mol. The molecule has 1 aliphatic rings. The molecule has 0 atom stereocenters. The summed E-state index contributed by atoms with van der Waals surface area (Å²) in [5.74, 6) is 0.693. The summed E-state index contributed by atoms with van der Waals surface area (Å²) in [5.41, 5.74) is 3.81. The number of aryl methyl sites for hydroxylation is 2. The van der Waals surface area contributed by atoms with E-state index in [1.165, 1.54) is 34.2 Å². The number of aromatic amines is 1. The summed E-state index contributed by atoms with van der Waals surface area (Å²) in [6.07, 6.45) is 7.45. The first-order chi connectivity index (χ1) is 13.8. The van der Waals surface area contributed by atoms with Gasteiger partial charge in [0.25, 0.3) is 5.56 Å². The molecule has 0 spiro atoms. The van der Waals surface area contributed by atoms with Gasteiger partial charge in [0.2, 0.25) is 5.95 Å². The van der Waals surface area contributed by atoms with Crippen molar-refractivity contribution in [3.63, 3.8) is 0 Å². The van der Waals surface area contributed by atoms with Gasteiger partial charge in [-0.1, -0.05) is 18.2 Å². The van der Waals surface area contributed by atoms with Gasteiger partial charge >= 0.3 is 0 Å². The van der Waals surface area contributed by atoms with Gasteiger partial charge in [-0.15, -0.1) is 11.3 Å². The first kappa shape index (κ1) is 17.5. The molecule has 5 rings (SSSR count). The molecule has 0 aliphatic heterocycles. The monoisotopic (exact) mass is 392 g/mol. The molecule has 5 nitrogen and oxygen atoms in total. The van der Waals surface area contributed by atoms with E-state index in [0.29, 0.717) is 12.5 Å². The van der Waals surface area contributed by atoms with Crippen molar-refractivity contribution in [3.05, 3.63) is 56.8 Å². The molecule has 0 radical (unpaired) electrons. The van der Waals surface area contributed by atoms with E-state index in [1.807, 2.05) is 13.0 Å². The Labute approximate surface area is 167 Å². The fraction of sp³-hybridized carbons (Fsp3) is 0.364. The molecule has 0 bridgehead atoms. The molecule has 2 N–H and O–H groups in total. The van der Waals surface area contributed by atoms with E-state index in [9.17, 15) is 4.79 Å². The number of thiophene rings is 1. The Morgan fingerprint density at radius 2 is 2.11 bits per heavy atom. The Bertz CT molecular complexity index is 1220. The summed E-state index contributed by atoms with van der Waals surface area (Å²) < 4.78 is 1.79. The Hall–Kier alpha value is -2.60. The standard InChI is InChI=1S/C22H24N4OS/c1-2-26-21(27)19-16-8-4-6-10-18(16)28-20(19)25-22(26)23-12-11-14-13-24-17-9-5-3-7-15(14)17/h3,5,7,9,13,24H,2,4,6,8,10-12H2,1H3,(H,23,25). The Kier molecular flexibility index (Phi) is 4.43. The Morgan fingerprint density at radius 3 is 3.00 bits per heavy atom. The molecule has 0 saturated heterocycles. The number of hydrogen-bond donors (Lipinski definition) is 2. The lowest BCUT2D eigenvalue weighted by atomic mass is 9.97. The van der Waals surface area contributed by atoms with E-state index in [0.717, 1.165) is 41.5 Å². The van der Waals surface area contributed by atoms with Crippen LogP contribution >= 0.6 is 11.3 Å². The fourth-order valence-electron chi connectivity index (χ4n) is 4.31. The van der Waals surface area contributed by atoms with Crippen molar-refractivity contribution in [1.29, 1.82) is 0 Å². The highest BCUT2D eigenvalue weighted by atomic mass is 32.1. The SMILES string of the molecule is CCn1c(NCCc2c[nH]c3ccccc23)nc2sc3c(c2c1=O)CCCC3. The first-order valence-electron chi connectivity index (χ1n) is 10.1. The number of nitrogens with zero attached hydrogens (tertiary/aromatic N) is 2. The van der Waals surface area contributed by atoms with Gasteiger partial charge in [-0.3, -0.25) is 9.36 Å². The van der Waals surface area contributed by atoms with Gasteiger partial charge < -0.3 is 10.3 Å². The molecule has 1 aromatic carbocycles. The average Bonchev–Trinajstić information content (AvgIpc) is 3.29. The first-order valence-corrected chi connectivity index (χ1v) is 10.9. The van der Waals surface area contributed by atoms with Crippen molar-refractivity contribution in [3.8, 4) is 0 Å². The number of rotatable bonds is 5. The molecule has 1 aliphatic carbocycles. The Morgan fingerprint density at radius 1 is 1.25 bits per heavy atom. The third-order valence-corrected chi connectivity index (χ3v) is 6.93. The topological polar surface area (TPSA) is 62.7 Å². The Balaban J connectivity index is 1.44. The highest BCUT2D eigenvalue weighted by Gasteiger charge is 2.21. The summed E-state index contributed by atoms with van der Waals surface area (Å²) in [6.45, 7) is 3.38. The van der Waals surface area contributed by atoms with Crippen LogP contribution < -0.4 is 10.9 Å². The minimum atomic E-state index is 0.112. The van der Waals surface area contributed by atoms with E-state index in [4.69, 9.17) is 4.98 Å². The van der Waals surface area contributed by atoms with Crippen molar-refractivity contribution in [2.75, 3.05) is 11.9 Å². The molecule has 4 aromatic rings. The van der Waals surface area contributed by atoms with E-state index in [1.54, 1.807) is 15.9 Å². The smallest absolute Gasteiger partial charge is 0.263 e. The molecule has 0 unspecified atom stereocenters. The second-order valence-corrected chi connectivity index (χ2v) is 8.50. The lowest BCUT2D eigenvalue weighted by Crippen LogP contribution is -2.25. The van der Waals surface area contributed by atoms with Crippen molar-refractivity contribution in [2.24, 2.45) is 0 Å². The summed E-state index contributed by atoms with van der Waals surface area (Å²) in [6, 6.07) is 8.34. The second kappa shape index (κ2) is 7.09. The van der Waals surface area contributed by atoms with Crippen molar-refractivity contribution < 1.29 is 0 Å². The maximum absolute atomic E-state index is 13.2. The van der Waals surface area contributed by atoms with Crippen LogP contribution in [0, 0.1) is 0 Å². The highest BCUT2D eigenvalue weighted by Crippen LogP contribution is 2.34. The number of anilines is 1. The van der Waals surface area contributed by atoms with Crippen molar-refractivity contribution in [1.82, 2.24) is 14.5 Å². The van der Waals surface area contributed by atoms with Crippen LogP contribution in [0.15, 0.2) is 35.3 Å². The van der Waals surface area contributed by atoms with Gasteiger partial charge in [-0.05, 0) is 56.2 Å². The predicted molar refractivity (Wildman–Crippen MR) is 117 cm³/mol. The molecule has 3 aromatic heterocycles. The third kappa shape index (κ3) is 2.83. The lowest BCUT2D eigenvalue weighted by molar-refractivity contribution is 0.695. The number of fused-ring (bicyclic) bond motifs is 4. The van der Waals surface area contributed by atoms with E-state index >= 15 is 0 Å². The van der Waals surface area contributed by atoms with Crippen LogP contribution in [0.5, 0.6) is 0 Å². The quantitative estimate of drug-likeness (QED) is 0.526. The maximum atomic E-state index is 13.2. The van der Waals surface area contributed by atoms with Crippen LogP contribution in [0.25, 0.3) is 21.1 Å². The number of para-hydroxylation sites is 1. The van der Waals surface area contributed by atoms with Crippen LogP contribution in [-0.4, -0.2) is 21.1 Å². The predicted octanol–water partition coefficient (Wildman–Crippen LogP) is 4.49. The normalized spacial score (nSPS) is 13.9. The minimum Gasteiger partial charge on any atom is -0.361 e. The summed E-state index contributed by atoms with van der Waals surface area (Å²) in [5, 5.41) is 5.55. The van der Waals surface area contributed by atoms with Crippen molar-refractivity contribution in [2.45, 2.75) is 45.6 Å². The summed E-state index contributed by atoms with van der Waals surface area (Å²) in [7, 11) is 0. The molecule has 0 saturated carbocycles. The molecule has 3 heterocycles. The van der Waals surface area contributed by atoms with Crippen LogP contribution in [0.4, 0.5) is 5.95 Å². The molecule has 144 valence electrons. The minimum absolute atomic E-state index is 0.112. The summed E-state index contributed by atoms with van der Waals surface area (Å²) >= 11 is 1.71. The van der Waals surface area contributed by atoms with Crippen molar-refractivity contribution >= 4 is 38.4 Å². The number of aromatic nitrogens is 3. The van der Waals surface area contributed by atoms with Crippen LogP contribution in [-0.2, 0) is 25.8 Å². The van der Waals surface area contributed by atoms with E-state index in [-0.39, 0.29) is 5.56 Å². The van der Waals surface area contributed by atoms with E-state index in [2.05, 4.69) is 34.7 Å². The van der Waals surface area contributed by atoms with Gasteiger partial charge in [0.1, 0.15) is 4.83 Å². The molecule has 0 fully saturated rings. The summed E-state index contributed by atoms with van der Waals surface area (Å²) in [4.78, 5) is 23.6. The number of nitrogens with one attached hydrogen (secondary N) is 2. The molecule has 6 heteroatoms. The number of benzene rings is 1. The van der Waals surface area contributed by atoms with Gasteiger partial charge in [-0.25, -0.2) is 4.98 Å². The van der Waals surface area contributed by atoms with Crippen LogP contribution in [0.3, 0.4) is 0 Å². The van der Waals surface area contributed by atoms with Gasteiger partial charge in [-0.2, -0.15) is 0 Å². The molecular formula is C22H24N4OS. The molecule has 0 amide bonds.